The molecule has 0 radical (unpaired) electrons. The second-order valence-corrected chi connectivity index (χ2v) is 6.60. The Morgan fingerprint density at radius 1 is 1.45 bits per heavy atom. The number of nitro benzene ring substituents is 1. The Labute approximate surface area is 125 Å². The number of nitrogens with zero attached hydrogens (tertiary/aromatic N) is 2. The van der Waals surface area contributed by atoms with E-state index in [4.69, 9.17) is 19.5 Å². The number of allylic oxidation sites excluding steroid dienone is 1. The topological polar surface area (TPSA) is 138 Å². The van der Waals surface area contributed by atoms with Crippen LogP contribution in [0.1, 0.15) is 11.2 Å². The molecule has 0 saturated heterocycles. The van der Waals surface area contributed by atoms with E-state index in [9.17, 15) is 19.9 Å². The van der Waals surface area contributed by atoms with Crippen LogP contribution in [0.5, 0.6) is 5.75 Å². The minimum Gasteiger partial charge on any atom is -0.440 e. The lowest BCUT2D eigenvalue weighted by Crippen LogP contribution is -2.21. The minimum atomic E-state index is -3.81. The summed E-state index contributed by atoms with van der Waals surface area (Å²) in [5, 5.41) is 20.2. The lowest BCUT2D eigenvalue weighted by molar-refractivity contribution is -0.384. The van der Waals surface area contributed by atoms with Gasteiger partial charge in [-0.3, -0.25) is 14.7 Å². The average Bonchev–Trinajstić information content (AvgIpc) is 2.52. The van der Waals surface area contributed by atoms with Crippen molar-refractivity contribution in [2.24, 2.45) is 5.73 Å². The van der Waals surface area contributed by atoms with Crippen molar-refractivity contribution in [3.8, 4) is 11.8 Å². The molecule has 1 unspecified atom stereocenters. The molecule has 0 aliphatic carbocycles. The fourth-order valence-corrected chi connectivity index (χ4v) is 3.76. The van der Waals surface area contributed by atoms with Crippen LogP contribution in [0.4, 0.5) is 5.69 Å². The van der Waals surface area contributed by atoms with Crippen molar-refractivity contribution in [2.75, 3.05) is 14.2 Å². The highest BCUT2D eigenvalue weighted by atomic mass is 31.2. The second-order valence-electron chi connectivity index (χ2n) is 4.28. The molecule has 1 aliphatic rings. The van der Waals surface area contributed by atoms with Gasteiger partial charge in [0.05, 0.1) is 4.92 Å². The van der Waals surface area contributed by atoms with Crippen molar-refractivity contribution < 1.29 is 23.3 Å². The molecule has 1 heterocycles. The zero-order chi connectivity index (χ0) is 16.5. The van der Waals surface area contributed by atoms with Crippen molar-refractivity contribution in [3.63, 3.8) is 0 Å². The summed E-state index contributed by atoms with van der Waals surface area (Å²) in [5.41, 5.74) is 4.20. The summed E-state index contributed by atoms with van der Waals surface area (Å²) in [5.74, 6) is -0.0930. The highest BCUT2D eigenvalue weighted by molar-refractivity contribution is 7.54. The van der Waals surface area contributed by atoms with Crippen LogP contribution in [-0.4, -0.2) is 19.1 Å². The molecule has 1 aliphatic heterocycles. The summed E-state index contributed by atoms with van der Waals surface area (Å²) in [7, 11) is -1.50. The predicted molar refractivity (Wildman–Crippen MR) is 74.9 cm³/mol. The van der Waals surface area contributed by atoms with Crippen LogP contribution in [0, 0.1) is 21.4 Å². The molecule has 2 N–H and O–H groups in total. The van der Waals surface area contributed by atoms with Gasteiger partial charge in [-0.1, -0.05) is 0 Å². The van der Waals surface area contributed by atoms with E-state index in [1.54, 1.807) is 6.07 Å². The molecule has 0 bridgehead atoms. The van der Waals surface area contributed by atoms with E-state index in [-0.39, 0.29) is 28.5 Å². The van der Waals surface area contributed by atoms with Crippen molar-refractivity contribution in [1.82, 2.24) is 0 Å². The maximum absolute atomic E-state index is 12.8. The predicted octanol–water partition coefficient (Wildman–Crippen LogP) is 2.21. The molecular formula is C12H12N3O6P. The number of nitrogens with two attached hydrogens (primary N) is 1. The van der Waals surface area contributed by atoms with Crippen molar-refractivity contribution in [2.45, 2.75) is 5.66 Å². The van der Waals surface area contributed by atoms with Gasteiger partial charge in [0.2, 0.25) is 5.88 Å². The fraction of sp³-hybridized carbons (Fsp3) is 0.250. The molecule has 2 rings (SSSR count). The number of nitro groups is 1. The van der Waals surface area contributed by atoms with Gasteiger partial charge >= 0.3 is 7.60 Å². The zero-order valence-electron chi connectivity index (χ0n) is 11.7. The van der Waals surface area contributed by atoms with Gasteiger partial charge < -0.3 is 19.5 Å². The molecule has 9 nitrogen and oxygen atoms in total. The largest absolute Gasteiger partial charge is 0.440 e. The van der Waals surface area contributed by atoms with Crippen LogP contribution in [0.3, 0.4) is 0 Å². The van der Waals surface area contributed by atoms with Gasteiger partial charge in [0.15, 0.2) is 0 Å². The first-order chi connectivity index (χ1) is 10.4. The van der Waals surface area contributed by atoms with Gasteiger partial charge in [-0.2, -0.15) is 5.26 Å². The maximum atomic E-state index is 12.8. The van der Waals surface area contributed by atoms with E-state index in [0.29, 0.717) is 0 Å². The Kier molecular flexibility index (Phi) is 4.19. The van der Waals surface area contributed by atoms with E-state index in [1.165, 1.54) is 12.1 Å². The summed E-state index contributed by atoms with van der Waals surface area (Å²) in [6, 6.07) is 5.49. The van der Waals surface area contributed by atoms with E-state index in [1.807, 2.05) is 0 Å². The number of non-ortho nitro benzene ring substituents is 1. The van der Waals surface area contributed by atoms with Crippen molar-refractivity contribution in [1.29, 1.82) is 5.26 Å². The molecular weight excluding hydrogens is 313 g/mol. The summed E-state index contributed by atoms with van der Waals surface area (Å²) >= 11 is 0. The van der Waals surface area contributed by atoms with Crippen LogP contribution in [0.25, 0.3) is 0 Å². The fourth-order valence-electron chi connectivity index (χ4n) is 2.15. The standard InChI is InChI=1S/C12H12N3O6P/c1-19-22(18,20-2)11-8-5-7(15(16)17)3-4-10(8)21-12(14)9(11)6-13/h3-5,11H,14H2,1-2H3. The molecule has 0 saturated carbocycles. The van der Waals surface area contributed by atoms with E-state index < -0.39 is 18.2 Å². The normalized spacial score (nSPS) is 17.4. The third-order valence-corrected chi connectivity index (χ3v) is 5.39. The molecule has 1 aromatic carbocycles. The van der Waals surface area contributed by atoms with Crippen molar-refractivity contribution in [3.05, 3.63) is 45.3 Å². The Hall–Kier alpha value is -2.40. The molecule has 116 valence electrons. The third kappa shape index (κ3) is 2.44. The van der Waals surface area contributed by atoms with Crippen LogP contribution < -0.4 is 10.5 Å². The number of benzene rings is 1. The molecule has 0 aromatic heterocycles. The highest BCUT2D eigenvalue weighted by Crippen LogP contribution is 2.65. The highest BCUT2D eigenvalue weighted by Gasteiger charge is 2.45. The van der Waals surface area contributed by atoms with Crippen LogP contribution in [0.2, 0.25) is 0 Å². The molecule has 0 amide bonds. The molecule has 1 atom stereocenters. The Balaban J connectivity index is 2.74. The Morgan fingerprint density at radius 3 is 2.59 bits per heavy atom. The quantitative estimate of drug-likeness (QED) is 0.505. The third-order valence-electron chi connectivity index (χ3n) is 3.20. The van der Waals surface area contributed by atoms with E-state index in [0.717, 1.165) is 20.3 Å². The minimum absolute atomic E-state index is 0.145. The monoisotopic (exact) mass is 325 g/mol. The lowest BCUT2D eigenvalue weighted by Gasteiger charge is -2.29. The summed E-state index contributed by atoms with van der Waals surface area (Å²) in [6.45, 7) is 0. The number of hydrogen-bond acceptors (Lipinski definition) is 8. The van der Waals surface area contributed by atoms with Gasteiger partial charge in [-0.25, -0.2) is 0 Å². The zero-order valence-corrected chi connectivity index (χ0v) is 12.6. The number of ether oxygens (including phenoxy) is 1. The maximum Gasteiger partial charge on any atom is 0.343 e. The first-order valence-corrected chi connectivity index (χ1v) is 7.56. The Morgan fingerprint density at radius 2 is 2.09 bits per heavy atom. The van der Waals surface area contributed by atoms with Crippen LogP contribution in [0.15, 0.2) is 29.7 Å². The molecule has 22 heavy (non-hydrogen) atoms. The number of nitriles is 1. The summed E-state index contributed by atoms with van der Waals surface area (Å²) in [6.07, 6.45) is 0. The number of fused-ring (bicyclic) bond motifs is 1. The van der Waals surface area contributed by atoms with E-state index in [2.05, 4.69) is 0 Å². The summed E-state index contributed by atoms with van der Waals surface area (Å²) in [4.78, 5) is 10.3. The average molecular weight is 325 g/mol. The van der Waals surface area contributed by atoms with Gasteiger partial charge in [0, 0.05) is 31.9 Å². The number of rotatable bonds is 4. The van der Waals surface area contributed by atoms with Crippen LogP contribution >= 0.6 is 7.60 Å². The first-order valence-electron chi connectivity index (χ1n) is 5.95. The molecule has 10 heteroatoms. The van der Waals surface area contributed by atoms with E-state index >= 15 is 0 Å². The van der Waals surface area contributed by atoms with Gasteiger partial charge in [-0.15, -0.1) is 0 Å². The Bertz CT molecular complexity index is 746. The molecule has 0 spiro atoms. The number of hydrogen-bond donors (Lipinski definition) is 1. The van der Waals surface area contributed by atoms with Gasteiger partial charge in [0.1, 0.15) is 23.1 Å². The van der Waals surface area contributed by atoms with Gasteiger partial charge in [0.25, 0.3) is 5.69 Å². The van der Waals surface area contributed by atoms with Gasteiger partial charge in [-0.05, 0) is 6.07 Å². The second kappa shape index (κ2) is 5.77. The van der Waals surface area contributed by atoms with Crippen LogP contribution in [-0.2, 0) is 13.6 Å². The first kappa shape index (κ1) is 16.0. The lowest BCUT2D eigenvalue weighted by atomic mass is 10.0. The SMILES string of the molecule is COP(=O)(OC)C1C(C#N)=C(N)Oc2ccc([N+](=O)[O-])cc21. The molecule has 1 aromatic rings. The van der Waals surface area contributed by atoms with Crippen molar-refractivity contribution >= 4 is 13.3 Å². The summed E-state index contributed by atoms with van der Waals surface area (Å²) < 4.78 is 27.9. The molecule has 0 fully saturated rings. The smallest absolute Gasteiger partial charge is 0.343 e.